The van der Waals surface area contributed by atoms with E-state index in [0.717, 1.165) is 18.4 Å². The number of allylic oxidation sites excluding steroid dienone is 1. The summed E-state index contributed by atoms with van der Waals surface area (Å²) in [5, 5.41) is 0. The number of ether oxygens (including phenoxy) is 2. The van der Waals surface area contributed by atoms with Gasteiger partial charge in [-0.15, -0.1) is 0 Å². The van der Waals surface area contributed by atoms with E-state index >= 15 is 0 Å². The van der Waals surface area contributed by atoms with Crippen LogP contribution < -0.4 is 0 Å². The molecule has 2 unspecified atom stereocenters. The standard InChI is InChI=1S/C17H20O4/c1-9-12-7-13-10(2)14(20-11(3)18)5-6-17(13,4)8-15(12)21-16(9)19/h5-6,12-15H,1-2,7-8H2,3-4H3/t12?,13?,14-,15+,17+/m0/s1. The van der Waals surface area contributed by atoms with Crippen LogP contribution in [0.1, 0.15) is 26.7 Å². The molecule has 1 aliphatic heterocycles. The predicted octanol–water partition coefficient (Wildman–Crippen LogP) is 2.56. The molecule has 0 N–H and O–H groups in total. The van der Waals surface area contributed by atoms with E-state index in [1.807, 2.05) is 6.08 Å². The van der Waals surface area contributed by atoms with Crippen molar-refractivity contribution >= 4 is 11.9 Å². The van der Waals surface area contributed by atoms with Crippen LogP contribution in [0.25, 0.3) is 0 Å². The Kier molecular flexibility index (Phi) is 3.08. The molecule has 5 atom stereocenters. The Morgan fingerprint density at radius 3 is 2.86 bits per heavy atom. The van der Waals surface area contributed by atoms with Crippen LogP contribution >= 0.6 is 0 Å². The second-order valence-corrected chi connectivity index (χ2v) is 6.54. The number of carbonyl (C=O) groups excluding carboxylic acids is 2. The van der Waals surface area contributed by atoms with Crippen LogP contribution in [0.2, 0.25) is 0 Å². The van der Waals surface area contributed by atoms with Crippen LogP contribution in [0.3, 0.4) is 0 Å². The Balaban J connectivity index is 1.89. The lowest BCUT2D eigenvalue weighted by Crippen LogP contribution is -2.44. The van der Waals surface area contributed by atoms with Gasteiger partial charge in [-0.2, -0.15) is 0 Å². The highest BCUT2D eigenvalue weighted by atomic mass is 16.6. The highest BCUT2D eigenvalue weighted by molar-refractivity contribution is 5.90. The normalized spacial score (nSPS) is 41.3. The van der Waals surface area contributed by atoms with Gasteiger partial charge >= 0.3 is 11.9 Å². The molecule has 21 heavy (non-hydrogen) atoms. The maximum absolute atomic E-state index is 11.7. The summed E-state index contributed by atoms with van der Waals surface area (Å²) in [4.78, 5) is 22.9. The van der Waals surface area contributed by atoms with E-state index in [1.54, 1.807) is 0 Å². The minimum Gasteiger partial charge on any atom is -0.458 e. The van der Waals surface area contributed by atoms with E-state index in [4.69, 9.17) is 9.47 Å². The molecule has 4 heteroatoms. The van der Waals surface area contributed by atoms with Crippen molar-refractivity contribution in [2.75, 3.05) is 0 Å². The first-order chi connectivity index (χ1) is 9.82. The van der Waals surface area contributed by atoms with Crippen LogP contribution in [0.5, 0.6) is 0 Å². The average molecular weight is 288 g/mol. The van der Waals surface area contributed by atoms with Crippen molar-refractivity contribution in [1.82, 2.24) is 0 Å². The highest BCUT2D eigenvalue weighted by Gasteiger charge is 2.53. The molecule has 0 amide bonds. The first-order valence-corrected chi connectivity index (χ1v) is 7.27. The third-order valence-corrected chi connectivity index (χ3v) is 5.10. The van der Waals surface area contributed by atoms with E-state index in [2.05, 4.69) is 26.2 Å². The zero-order valence-corrected chi connectivity index (χ0v) is 12.4. The van der Waals surface area contributed by atoms with Crippen molar-refractivity contribution in [3.63, 3.8) is 0 Å². The van der Waals surface area contributed by atoms with Crippen molar-refractivity contribution < 1.29 is 19.1 Å². The lowest BCUT2D eigenvalue weighted by Gasteiger charge is -2.48. The summed E-state index contributed by atoms with van der Waals surface area (Å²) in [7, 11) is 0. The molecule has 0 radical (unpaired) electrons. The Morgan fingerprint density at radius 2 is 2.19 bits per heavy atom. The Labute approximate surface area is 124 Å². The van der Waals surface area contributed by atoms with Gasteiger partial charge < -0.3 is 9.47 Å². The summed E-state index contributed by atoms with van der Waals surface area (Å²) >= 11 is 0. The topological polar surface area (TPSA) is 52.6 Å². The molecule has 0 aromatic rings. The molecular weight excluding hydrogens is 268 g/mol. The van der Waals surface area contributed by atoms with Gasteiger partial charge in [-0.25, -0.2) is 4.79 Å². The summed E-state index contributed by atoms with van der Waals surface area (Å²) in [6, 6.07) is 0. The van der Waals surface area contributed by atoms with Gasteiger partial charge in [0.25, 0.3) is 0 Å². The third kappa shape index (κ3) is 2.13. The van der Waals surface area contributed by atoms with E-state index in [0.29, 0.717) is 5.57 Å². The van der Waals surface area contributed by atoms with E-state index in [9.17, 15) is 9.59 Å². The SMILES string of the molecule is C=C1C(=O)O[C@@H]2C[C@@]3(C)C=C[C@H](OC(C)=O)C(=C)C3CC12. The molecule has 1 saturated heterocycles. The zero-order valence-electron chi connectivity index (χ0n) is 12.4. The molecule has 0 aromatic heterocycles. The number of rotatable bonds is 1. The quantitative estimate of drug-likeness (QED) is 0.423. The number of fused-ring (bicyclic) bond motifs is 2. The van der Waals surface area contributed by atoms with Crippen molar-refractivity contribution in [1.29, 1.82) is 0 Å². The van der Waals surface area contributed by atoms with Crippen LogP contribution in [0.15, 0.2) is 36.5 Å². The Bertz CT molecular complexity index is 573. The summed E-state index contributed by atoms with van der Waals surface area (Å²) in [5.74, 6) is -0.374. The number of hydrogen-bond acceptors (Lipinski definition) is 4. The zero-order chi connectivity index (χ0) is 15.4. The van der Waals surface area contributed by atoms with Gasteiger partial charge in [0.2, 0.25) is 0 Å². The maximum atomic E-state index is 11.7. The largest absolute Gasteiger partial charge is 0.458 e. The lowest BCUT2D eigenvalue weighted by atomic mass is 9.58. The summed E-state index contributed by atoms with van der Waals surface area (Å²) in [5.41, 5.74) is 1.36. The first kappa shape index (κ1) is 14.1. The first-order valence-electron chi connectivity index (χ1n) is 7.27. The van der Waals surface area contributed by atoms with Gasteiger partial charge in [-0.1, -0.05) is 26.2 Å². The van der Waals surface area contributed by atoms with Gasteiger partial charge in [0.05, 0.1) is 0 Å². The number of carbonyl (C=O) groups is 2. The fourth-order valence-corrected chi connectivity index (χ4v) is 3.93. The minimum absolute atomic E-state index is 0.0526. The summed E-state index contributed by atoms with van der Waals surface area (Å²) in [6.07, 6.45) is 5.05. The van der Waals surface area contributed by atoms with E-state index in [1.165, 1.54) is 6.92 Å². The molecular formula is C17H20O4. The molecule has 112 valence electrons. The van der Waals surface area contributed by atoms with Gasteiger partial charge in [0, 0.05) is 18.4 Å². The molecule has 3 aliphatic rings. The molecule has 0 bridgehead atoms. The van der Waals surface area contributed by atoms with Gasteiger partial charge in [0.15, 0.2) is 0 Å². The average Bonchev–Trinajstić information content (AvgIpc) is 2.66. The number of hydrogen-bond donors (Lipinski definition) is 0. The molecule has 2 aliphatic carbocycles. The van der Waals surface area contributed by atoms with Crippen LogP contribution in [-0.2, 0) is 19.1 Å². The van der Waals surface area contributed by atoms with Gasteiger partial charge in [0.1, 0.15) is 12.2 Å². The monoisotopic (exact) mass is 288 g/mol. The Morgan fingerprint density at radius 1 is 1.48 bits per heavy atom. The lowest BCUT2D eigenvalue weighted by molar-refractivity contribution is -0.145. The Hall–Kier alpha value is -1.84. The molecule has 4 nitrogen and oxygen atoms in total. The van der Waals surface area contributed by atoms with E-state index in [-0.39, 0.29) is 41.4 Å². The second kappa shape index (κ2) is 4.58. The third-order valence-electron chi connectivity index (χ3n) is 5.10. The molecule has 0 aromatic carbocycles. The highest BCUT2D eigenvalue weighted by Crippen LogP contribution is 2.54. The fourth-order valence-electron chi connectivity index (χ4n) is 3.93. The second-order valence-electron chi connectivity index (χ2n) is 6.54. The van der Waals surface area contributed by atoms with E-state index < -0.39 is 0 Å². The van der Waals surface area contributed by atoms with Crippen molar-refractivity contribution in [2.45, 2.75) is 38.9 Å². The summed E-state index contributed by atoms with van der Waals surface area (Å²) in [6.45, 7) is 11.6. The number of esters is 2. The molecule has 0 spiro atoms. The molecule has 1 heterocycles. The van der Waals surface area contributed by atoms with Gasteiger partial charge in [-0.3, -0.25) is 4.79 Å². The van der Waals surface area contributed by atoms with Crippen LogP contribution in [0.4, 0.5) is 0 Å². The van der Waals surface area contributed by atoms with Crippen molar-refractivity contribution in [3.8, 4) is 0 Å². The fraction of sp³-hybridized carbons (Fsp3) is 0.529. The van der Waals surface area contributed by atoms with Crippen LogP contribution in [-0.4, -0.2) is 24.1 Å². The van der Waals surface area contributed by atoms with Gasteiger partial charge in [-0.05, 0) is 35.8 Å². The molecule has 1 saturated carbocycles. The van der Waals surface area contributed by atoms with Crippen molar-refractivity contribution in [3.05, 3.63) is 36.5 Å². The predicted molar refractivity (Wildman–Crippen MR) is 77.2 cm³/mol. The molecule has 3 rings (SSSR count). The van der Waals surface area contributed by atoms with Crippen molar-refractivity contribution in [2.24, 2.45) is 17.3 Å². The van der Waals surface area contributed by atoms with Crippen LogP contribution in [0, 0.1) is 17.3 Å². The summed E-state index contributed by atoms with van der Waals surface area (Å²) < 4.78 is 10.7. The maximum Gasteiger partial charge on any atom is 0.334 e. The minimum atomic E-state index is -0.372. The molecule has 2 fully saturated rings. The smallest absolute Gasteiger partial charge is 0.334 e.